The zero-order valence-electron chi connectivity index (χ0n) is 14.1. The largest absolute Gasteiger partial charge is 0.346 e. The van der Waals surface area contributed by atoms with Gasteiger partial charge in [0.25, 0.3) is 0 Å². The van der Waals surface area contributed by atoms with Crippen molar-refractivity contribution in [2.45, 2.75) is 30.5 Å². The van der Waals surface area contributed by atoms with Crippen LogP contribution < -0.4 is 5.32 Å². The van der Waals surface area contributed by atoms with Gasteiger partial charge in [-0.1, -0.05) is 47.1 Å². The molecule has 25 heavy (non-hydrogen) atoms. The molecule has 3 rings (SSSR count). The maximum atomic E-state index is 12.2. The summed E-state index contributed by atoms with van der Waals surface area (Å²) < 4.78 is 5.22. The molecule has 128 valence electrons. The zero-order valence-corrected chi connectivity index (χ0v) is 14.9. The molecule has 0 fully saturated rings. The van der Waals surface area contributed by atoms with E-state index in [1.165, 1.54) is 11.8 Å². The van der Waals surface area contributed by atoms with E-state index in [-0.39, 0.29) is 17.7 Å². The van der Waals surface area contributed by atoms with Gasteiger partial charge in [0.1, 0.15) is 0 Å². The van der Waals surface area contributed by atoms with Crippen LogP contribution in [0.5, 0.6) is 0 Å². The van der Waals surface area contributed by atoms with E-state index >= 15 is 0 Å². The molecule has 0 aliphatic rings. The molecule has 0 aliphatic carbocycles. The Kier molecular flexibility index (Phi) is 5.50. The van der Waals surface area contributed by atoms with E-state index in [1.54, 1.807) is 0 Å². The molecule has 0 bridgehead atoms. The summed E-state index contributed by atoms with van der Waals surface area (Å²) in [6.45, 7) is 4.10. The molecule has 0 saturated carbocycles. The van der Waals surface area contributed by atoms with Gasteiger partial charge >= 0.3 is 0 Å². The van der Waals surface area contributed by atoms with Gasteiger partial charge in [0.05, 0.1) is 11.8 Å². The van der Waals surface area contributed by atoms with Crippen LogP contribution in [0.15, 0.2) is 64.0 Å². The van der Waals surface area contributed by atoms with Gasteiger partial charge in [0.15, 0.2) is 0 Å². The Hall–Kier alpha value is -2.60. The first-order valence-electron chi connectivity index (χ1n) is 8.01. The second-order valence-corrected chi connectivity index (χ2v) is 7.09. The van der Waals surface area contributed by atoms with Crippen molar-refractivity contribution in [2.75, 3.05) is 0 Å². The highest BCUT2D eigenvalue weighted by Gasteiger charge is 2.16. The summed E-state index contributed by atoms with van der Waals surface area (Å²) in [5, 5.41) is 6.61. The number of amides is 1. The van der Waals surface area contributed by atoms with Gasteiger partial charge in [-0.15, -0.1) is 11.8 Å². The van der Waals surface area contributed by atoms with Crippen molar-refractivity contribution in [2.24, 2.45) is 0 Å². The minimum atomic E-state index is -0.207. The Balaban J connectivity index is 1.56. The van der Waals surface area contributed by atoms with Gasteiger partial charge in [0, 0.05) is 10.5 Å². The third-order valence-corrected chi connectivity index (χ3v) is 4.70. The first-order valence-corrected chi connectivity index (χ1v) is 8.89. The monoisotopic (exact) mass is 353 g/mol. The van der Waals surface area contributed by atoms with Crippen LogP contribution in [0.2, 0.25) is 0 Å². The number of carbonyl (C=O) groups excluding carboxylic acids is 1. The molecule has 6 heteroatoms. The third kappa shape index (κ3) is 4.70. The van der Waals surface area contributed by atoms with E-state index in [0.29, 0.717) is 11.7 Å². The van der Waals surface area contributed by atoms with Crippen LogP contribution in [0.25, 0.3) is 11.4 Å². The summed E-state index contributed by atoms with van der Waals surface area (Å²) in [6.07, 6.45) is 0. The Morgan fingerprint density at radius 1 is 1.20 bits per heavy atom. The minimum Gasteiger partial charge on any atom is -0.346 e. The number of aromatic nitrogens is 2. The van der Waals surface area contributed by atoms with Crippen molar-refractivity contribution in [1.82, 2.24) is 15.5 Å². The van der Waals surface area contributed by atoms with Crippen LogP contribution in [0, 0.1) is 6.92 Å². The SMILES string of the molecule is Cc1cccc(-c2noc(CNC(=O)C(C)Sc3ccccc3)n2)c1. The Morgan fingerprint density at radius 2 is 2.00 bits per heavy atom. The average molecular weight is 353 g/mol. The number of nitrogens with one attached hydrogen (secondary N) is 1. The molecule has 1 heterocycles. The van der Waals surface area contributed by atoms with Gasteiger partial charge in [-0.05, 0) is 32.0 Å². The highest BCUT2D eigenvalue weighted by atomic mass is 32.2. The Morgan fingerprint density at radius 3 is 2.76 bits per heavy atom. The van der Waals surface area contributed by atoms with E-state index in [0.717, 1.165) is 16.0 Å². The quantitative estimate of drug-likeness (QED) is 0.682. The number of hydrogen-bond donors (Lipinski definition) is 1. The summed E-state index contributed by atoms with van der Waals surface area (Å²) in [7, 11) is 0. The van der Waals surface area contributed by atoms with Crippen molar-refractivity contribution >= 4 is 17.7 Å². The number of thioether (sulfide) groups is 1. The predicted molar refractivity (Wildman–Crippen MR) is 98.1 cm³/mol. The normalized spacial score (nSPS) is 11.9. The maximum Gasteiger partial charge on any atom is 0.246 e. The lowest BCUT2D eigenvalue weighted by Crippen LogP contribution is -2.30. The molecule has 2 aromatic carbocycles. The van der Waals surface area contributed by atoms with Gasteiger partial charge in [-0.3, -0.25) is 4.79 Å². The number of nitrogens with zero attached hydrogens (tertiary/aromatic N) is 2. The van der Waals surface area contributed by atoms with Crippen LogP contribution in [-0.4, -0.2) is 21.3 Å². The standard InChI is InChI=1S/C19H19N3O2S/c1-13-7-6-8-15(11-13)18-21-17(24-22-18)12-20-19(23)14(2)25-16-9-4-3-5-10-16/h3-11,14H,12H2,1-2H3,(H,20,23). The lowest BCUT2D eigenvalue weighted by atomic mass is 10.1. The molecular weight excluding hydrogens is 334 g/mol. The molecule has 0 aliphatic heterocycles. The van der Waals surface area contributed by atoms with Crippen molar-refractivity contribution in [1.29, 1.82) is 0 Å². The number of benzene rings is 2. The van der Waals surface area contributed by atoms with Crippen molar-refractivity contribution < 1.29 is 9.32 Å². The molecule has 5 nitrogen and oxygen atoms in total. The van der Waals surface area contributed by atoms with Crippen molar-refractivity contribution in [3.63, 3.8) is 0 Å². The number of hydrogen-bond acceptors (Lipinski definition) is 5. The minimum absolute atomic E-state index is 0.0656. The van der Waals surface area contributed by atoms with Crippen LogP contribution in [0.4, 0.5) is 0 Å². The summed E-state index contributed by atoms with van der Waals surface area (Å²) in [5.41, 5.74) is 2.03. The van der Waals surface area contributed by atoms with E-state index in [2.05, 4.69) is 15.5 Å². The highest BCUT2D eigenvalue weighted by Crippen LogP contribution is 2.22. The molecule has 3 aromatic rings. The Bertz CT molecular complexity index is 849. The third-order valence-electron chi connectivity index (χ3n) is 3.58. The average Bonchev–Trinajstić information content (AvgIpc) is 3.09. The maximum absolute atomic E-state index is 12.2. The predicted octanol–water partition coefficient (Wildman–Crippen LogP) is 3.84. The summed E-state index contributed by atoms with van der Waals surface area (Å²) >= 11 is 1.51. The topological polar surface area (TPSA) is 68.0 Å². The lowest BCUT2D eigenvalue weighted by Gasteiger charge is -2.10. The molecule has 0 saturated heterocycles. The molecule has 1 N–H and O–H groups in total. The molecule has 1 aromatic heterocycles. The molecule has 0 radical (unpaired) electrons. The molecular formula is C19H19N3O2S. The summed E-state index contributed by atoms with van der Waals surface area (Å²) in [4.78, 5) is 17.6. The van der Waals surface area contributed by atoms with E-state index in [1.807, 2.05) is 68.4 Å². The number of carbonyl (C=O) groups is 1. The fourth-order valence-electron chi connectivity index (χ4n) is 2.29. The van der Waals surface area contributed by atoms with Crippen molar-refractivity contribution in [3.8, 4) is 11.4 Å². The fourth-order valence-corrected chi connectivity index (χ4v) is 3.20. The van der Waals surface area contributed by atoms with E-state index in [4.69, 9.17) is 4.52 Å². The van der Waals surface area contributed by atoms with Crippen molar-refractivity contribution in [3.05, 3.63) is 66.1 Å². The second-order valence-electron chi connectivity index (χ2n) is 5.67. The van der Waals surface area contributed by atoms with Gasteiger partial charge in [-0.2, -0.15) is 4.98 Å². The second kappa shape index (κ2) is 7.98. The zero-order chi connectivity index (χ0) is 17.6. The first kappa shape index (κ1) is 17.2. The number of aryl methyl sites for hydroxylation is 1. The van der Waals surface area contributed by atoms with Gasteiger partial charge < -0.3 is 9.84 Å². The number of rotatable bonds is 6. The molecule has 1 unspecified atom stereocenters. The lowest BCUT2D eigenvalue weighted by molar-refractivity contribution is -0.120. The highest BCUT2D eigenvalue weighted by molar-refractivity contribution is 8.00. The summed E-state index contributed by atoms with van der Waals surface area (Å²) in [5.74, 6) is 0.852. The molecule has 0 spiro atoms. The van der Waals surface area contributed by atoms with E-state index < -0.39 is 0 Å². The van der Waals surface area contributed by atoms with Gasteiger partial charge in [0.2, 0.25) is 17.6 Å². The first-order chi connectivity index (χ1) is 12.1. The van der Waals surface area contributed by atoms with Crippen LogP contribution in [-0.2, 0) is 11.3 Å². The van der Waals surface area contributed by atoms with Crippen LogP contribution in [0.3, 0.4) is 0 Å². The summed E-state index contributed by atoms with van der Waals surface area (Å²) in [6, 6.07) is 17.7. The van der Waals surface area contributed by atoms with Gasteiger partial charge in [-0.25, -0.2) is 0 Å². The Labute approximate surface area is 150 Å². The molecule has 1 amide bonds. The van der Waals surface area contributed by atoms with E-state index in [9.17, 15) is 4.79 Å². The smallest absolute Gasteiger partial charge is 0.246 e. The molecule has 1 atom stereocenters. The van der Waals surface area contributed by atoms with Crippen LogP contribution >= 0.6 is 11.8 Å². The fraction of sp³-hybridized carbons (Fsp3) is 0.211. The van der Waals surface area contributed by atoms with Crippen LogP contribution in [0.1, 0.15) is 18.4 Å².